The van der Waals surface area contributed by atoms with Gasteiger partial charge in [-0.05, 0) is 43.0 Å². The number of aliphatic carboxylic acids is 1. The molecule has 0 aromatic heterocycles. The Morgan fingerprint density at radius 2 is 1.79 bits per heavy atom. The molecule has 1 N–H and O–H groups in total. The normalized spacial score (nSPS) is 22.9. The first kappa shape index (κ1) is 13.6. The largest absolute Gasteiger partial charge is 0.481 e. The van der Waals surface area contributed by atoms with Crippen LogP contribution in [-0.4, -0.2) is 28.9 Å². The van der Waals surface area contributed by atoms with Crippen LogP contribution in [0, 0.1) is 26.7 Å². The smallest absolute Gasteiger partial charge is 0.309 e. The maximum absolute atomic E-state index is 11.8. The second-order valence-electron chi connectivity index (χ2n) is 5.39. The first-order valence-electron chi connectivity index (χ1n) is 6.39. The van der Waals surface area contributed by atoms with Crippen LogP contribution in [0.4, 0.5) is 0 Å². The summed E-state index contributed by atoms with van der Waals surface area (Å²) in [5.41, 5.74) is 4.29. The monoisotopic (exact) mass is 261 g/mol. The third-order valence-electron chi connectivity index (χ3n) is 4.10. The van der Waals surface area contributed by atoms with Crippen molar-refractivity contribution in [3.63, 3.8) is 0 Å². The molecule has 0 spiro atoms. The van der Waals surface area contributed by atoms with Gasteiger partial charge in [0.05, 0.1) is 12.0 Å². The number of hydrogen-bond acceptors (Lipinski definition) is 2. The molecule has 102 valence electrons. The van der Waals surface area contributed by atoms with Gasteiger partial charge in [-0.2, -0.15) is 0 Å². The fourth-order valence-electron chi connectivity index (χ4n) is 2.82. The van der Waals surface area contributed by atoms with Crippen molar-refractivity contribution in [1.29, 1.82) is 0 Å². The average Bonchev–Trinajstić information content (AvgIpc) is 2.61. The van der Waals surface area contributed by atoms with Crippen LogP contribution in [0.1, 0.15) is 34.7 Å². The quantitative estimate of drug-likeness (QED) is 0.888. The number of carbonyl (C=O) groups is 2. The zero-order valence-corrected chi connectivity index (χ0v) is 11.7. The molecular weight excluding hydrogens is 242 g/mol. The number of carboxylic acids is 1. The zero-order chi connectivity index (χ0) is 14.3. The Labute approximate surface area is 113 Å². The standard InChI is InChI=1S/C15H19NO3/c1-8-5-10(3)11(6-9(8)2)14-12(15(18)19)7-13(17)16(14)4/h5-6,12,14H,7H2,1-4H3,(H,18,19). The molecule has 1 aromatic rings. The first-order chi connectivity index (χ1) is 8.82. The van der Waals surface area contributed by atoms with Gasteiger partial charge in [0, 0.05) is 13.5 Å². The molecule has 2 atom stereocenters. The van der Waals surface area contributed by atoms with Crippen LogP contribution in [0.3, 0.4) is 0 Å². The molecule has 1 aromatic carbocycles. The Morgan fingerprint density at radius 3 is 2.37 bits per heavy atom. The lowest BCUT2D eigenvalue weighted by molar-refractivity contribution is -0.142. The van der Waals surface area contributed by atoms with Gasteiger partial charge in [0.1, 0.15) is 0 Å². The molecule has 1 fully saturated rings. The van der Waals surface area contributed by atoms with E-state index in [-0.39, 0.29) is 18.4 Å². The van der Waals surface area contributed by atoms with Crippen LogP contribution in [-0.2, 0) is 9.59 Å². The molecule has 0 bridgehead atoms. The molecule has 19 heavy (non-hydrogen) atoms. The molecule has 4 heteroatoms. The number of rotatable bonds is 2. The minimum absolute atomic E-state index is 0.0862. The van der Waals surface area contributed by atoms with Crippen LogP contribution in [0.2, 0.25) is 0 Å². The Hall–Kier alpha value is -1.84. The SMILES string of the molecule is Cc1cc(C)c(C2C(C(=O)O)CC(=O)N2C)cc1C. The van der Waals surface area contributed by atoms with Gasteiger partial charge < -0.3 is 10.0 Å². The third kappa shape index (κ3) is 2.23. The van der Waals surface area contributed by atoms with Crippen molar-refractivity contribution in [3.05, 3.63) is 34.4 Å². The van der Waals surface area contributed by atoms with Crippen molar-refractivity contribution >= 4 is 11.9 Å². The van der Waals surface area contributed by atoms with Gasteiger partial charge in [0.2, 0.25) is 5.91 Å². The minimum Gasteiger partial charge on any atom is -0.481 e. The molecule has 4 nitrogen and oxygen atoms in total. The summed E-state index contributed by atoms with van der Waals surface area (Å²) in [5.74, 6) is -1.66. The number of carbonyl (C=O) groups excluding carboxylic acids is 1. The number of nitrogens with zero attached hydrogens (tertiary/aromatic N) is 1. The Balaban J connectivity index is 2.52. The molecule has 2 unspecified atom stereocenters. The highest BCUT2D eigenvalue weighted by atomic mass is 16.4. The van der Waals surface area contributed by atoms with Gasteiger partial charge in [-0.15, -0.1) is 0 Å². The molecule has 1 heterocycles. The summed E-state index contributed by atoms with van der Waals surface area (Å²) in [6.45, 7) is 6.01. The summed E-state index contributed by atoms with van der Waals surface area (Å²) in [4.78, 5) is 24.7. The van der Waals surface area contributed by atoms with E-state index in [0.717, 1.165) is 16.7 Å². The van der Waals surface area contributed by atoms with Gasteiger partial charge in [0.25, 0.3) is 0 Å². The number of likely N-dealkylation sites (tertiary alicyclic amines) is 1. The molecular formula is C15H19NO3. The lowest BCUT2D eigenvalue weighted by Crippen LogP contribution is -2.27. The topological polar surface area (TPSA) is 57.6 Å². The van der Waals surface area contributed by atoms with Crippen LogP contribution in [0.25, 0.3) is 0 Å². The molecule has 0 aliphatic carbocycles. The van der Waals surface area contributed by atoms with Crippen molar-refractivity contribution in [2.45, 2.75) is 33.2 Å². The summed E-state index contributed by atoms with van der Waals surface area (Å²) in [6, 6.07) is 3.71. The zero-order valence-electron chi connectivity index (χ0n) is 11.7. The fraction of sp³-hybridized carbons (Fsp3) is 0.467. The highest BCUT2D eigenvalue weighted by Gasteiger charge is 2.43. The number of aryl methyl sites for hydroxylation is 3. The Kier molecular flexibility index (Phi) is 3.35. The number of benzene rings is 1. The molecule has 2 rings (SSSR count). The summed E-state index contributed by atoms with van der Waals surface area (Å²) in [5, 5.41) is 9.32. The lowest BCUT2D eigenvalue weighted by Gasteiger charge is -2.25. The maximum atomic E-state index is 11.8. The van der Waals surface area contributed by atoms with Gasteiger partial charge in [-0.3, -0.25) is 9.59 Å². The van der Waals surface area contributed by atoms with E-state index in [4.69, 9.17) is 0 Å². The van der Waals surface area contributed by atoms with Gasteiger partial charge in [-0.1, -0.05) is 12.1 Å². The first-order valence-corrected chi connectivity index (χ1v) is 6.39. The molecule has 1 aliphatic rings. The summed E-state index contributed by atoms with van der Waals surface area (Å²) < 4.78 is 0. The predicted octanol–water partition coefficient (Wildman–Crippen LogP) is 2.22. The van der Waals surface area contributed by atoms with Crippen molar-refractivity contribution in [3.8, 4) is 0 Å². The summed E-state index contributed by atoms with van der Waals surface area (Å²) in [6.07, 6.45) is 0.0862. The summed E-state index contributed by atoms with van der Waals surface area (Å²) in [7, 11) is 1.69. The summed E-state index contributed by atoms with van der Waals surface area (Å²) >= 11 is 0. The van der Waals surface area contributed by atoms with Crippen molar-refractivity contribution in [1.82, 2.24) is 4.90 Å². The average molecular weight is 261 g/mol. The maximum Gasteiger partial charge on any atom is 0.309 e. The minimum atomic E-state index is -0.902. The van der Waals surface area contributed by atoms with Crippen LogP contribution < -0.4 is 0 Å². The third-order valence-corrected chi connectivity index (χ3v) is 4.10. The van der Waals surface area contributed by atoms with Crippen LogP contribution >= 0.6 is 0 Å². The molecule has 1 amide bonds. The lowest BCUT2D eigenvalue weighted by atomic mass is 9.89. The van der Waals surface area contributed by atoms with E-state index >= 15 is 0 Å². The van der Waals surface area contributed by atoms with E-state index in [0.29, 0.717) is 0 Å². The van der Waals surface area contributed by atoms with E-state index in [2.05, 4.69) is 6.07 Å². The second kappa shape index (κ2) is 4.68. The Bertz CT molecular complexity index is 551. The number of hydrogen-bond donors (Lipinski definition) is 1. The molecule has 0 radical (unpaired) electrons. The molecule has 1 saturated heterocycles. The predicted molar refractivity (Wildman–Crippen MR) is 71.9 cm³/mol. The highest BCUT2D eigenvalue weighted by molar-refractivity contribution is 5.87. The van der Waals surface area contributed by atoms with Crippen LogP contribution in [0.5, 0.6) is 0 Å². The van der Waals surface area contributed by atoms with Gasteiger partial charge >= 0.3 is 5.97 Å². The second-order valence-corrected chi connectivity index (χ2v) is 5.39. The Morgan fingerprint density at radius 1 is 1.21 bits per heavy atom. The van der Waals surface area contributed by atoms with E-state index in [1.165, 1.54) is 5.56 Å². The van der Waals surface area contributed by atoms with Crippen molar-refractivity contribution < 1.29 is 14.7 Å². The number of carboxylic acid groups (broad SMARTS) is 1. The number of amides is 1. The van der Waals surface area contributed by atoms with Crippen molar-refractivity contribution in [2.75, 3.05) is 7.05 Å². The van der Waals surface area contributed by atoms with Crippen molar-refractivity contribution in [2.24, 2.45) is 5.92 Å². The van der Waals surface area contributed by atoms with Crippen LogP contribution in [0.15, 0.2) is 12.1 Å². The van der Waals surface area contributed by atoms with E-state index in [1.54, 1.807) is 11.9 Å². The molecule has 0 saturated carbocycles. The van der Waals surface area contributed by atoms with Gasteiger partial charge in [0.15, 0.2) is 0 Å². The van der Waals surface area contributed by atoms with Gasteiger partial charge in [-0.25, -0.2) is 0 Å². The highest BCUT2D eigenvalue weighted by Crippen LogP contribution is 2.39. The van der Waals surface area contributed by atoms with E-state index in [9.17, 15) is 14.7 Å². The van der Waals surface area contributed by atoms with E-state index in [1.807, 2.05) is 26.8 Å². The van der Waals surface area contributed by atoms with E-state index < -0.39 is 11.9 Å². The fourth-order valence-corrected chi connectivity index (χ4v) is 2.82. The molecule has 1 aliphatic heterocycles.